The summed E-state index contributed by atoms with van der Waals surface area (Å²) in [5.41, 5.74) is 0. The van der Waals surface area contributed by atoms with Crippen molar-refractivity contribution >= 4 is 11.9 Å². The predicted octanol–water partition coefficient (Wildman–Crippen LogP) is 0.552. The third kappa shape index (κ3) is 3.87. The van der Waals surface area contributed by atoms with Gasteiger partial charge in [-0.1, -0.05) is 0 Å². The molecule has 0 bridgehead atoms. The molecule has 0 amide bonds. The molecular weight excluding hydrogens is 198 g/mol. The fraction of sp³-hybridized carbons (Fsp3) is 0.800. The molecule has 0 radical (unpaired) electrons. The summed E-state index contributed by atoms with van der Waals surface area (Å²) < 4.78 is 0. The average molecular weight is 215 g/mol. The molecule has 1 rings (SSSR count). The molecule has 0 aliphatic carbocycles. The first kappa shape index (κ1) is 12.0. The molecule has 5 heteroatoms. The van der Waals surface area contributed by atoms with Crippen LogP contribution in [0.15, 0.2) is 0 Å². The molecule has 0 spiro atoms. The van der Waals surface area contributed by atoms with Gasteiger partial charge in [0.15, 0.2) is 0 Å². The van der Waals surface area contributed by atoms with Crippen LogP contribution in [0.5, 0.6) is 0 Å². The number of aliphatic carboxylic acids is 2. The van der Waals surface area contributed by atoms with E-state index in [1.54, 1.807) is 0 Å². The molecule has 1 saturated heterocycles. The zero-order valence-corrected chi connectivity index (χ0v) is 8.61. The van der Waals surface area contributed by atoms with E-state index in [0.717, 1.165) is 19.5 Å². The molecule has 0 aromatic rings. The molecule has 3 N–H and O–H groups in total. The minimum atomic E-state index is -0.858. The summed E-state index contributed by atoms with van der Waals surface area (Å²) in [5.74, 6) is -1.88. The first-order valence-corrected chi connectivity index (χ1v) is 5.26. The van der Waals surface area contributed by atoms with Gasteiger partial charge < -0.3 is 15.5 Å². The Labute approximate surface area is 88.5 Å². The van der Waals surface area contributed by atoms with Gasteiger partial charge in [-0.25, -0.2) is 0 Å². The molecule has 1 fully saturated rings. The fourth-order valence-electron chi connectivity index (χ4n) is 2.05. The molecule has 1 aliphatic rings. The highest BCUT2D eigenvalue weighted by atomic mass is 16.4. The third-order valence-corrected chi connectivity index (χ3v) is 2.89. The quantitative estimate of drug-likeness (QED) is 0.602. The second-order valence-electron chi connectivity index (χ2n) is 3.98. The normalized spacial score (nSPS) is 22.5. The van der Waals surface area contributed by atoms with Crippen LogP contribution in [-0.4, -0.2) is 35.2 Å². The standard InChI is InChI=1S/C10H17NO4/c12-9(13)3-1-2-8(10(14)15)7-4-5-11-6-7/h7-8,11H,1-6H2,(H,12,13)(H,14,15). The van der Waals surface area contributed by atoms with Gasteiger partial charge in [-0.05, 0) is 38.3 Å². The average Bonchev–Trinajstić information content (AvgIpc) is 2.63. The first-order valence-electron chi connectivity index (χ1n) is 5.26. The summed E-state index contributed by atoms with van der Waals surface area (Å²) in [4.78, 5) is 21.3. The number of carbonyl (C=O) groups is 2. The topological polar surface area (TPSA) is 86.6 Å². The second-order valence-corrected chi connectivity index (χ2v) is 3.98. The lowest BCUT2D eigenvalue weighted by molar-refractivity contribution is -0.144. The van der Waals surface area contributed by atoms with E-state index in [0.29, 0.717) is 12.8 Å². The Morgan fingerprint density at radius 2 is 2.13 bits per heavy atom. The van der Waals surface area contributed by atoms with Crippen molar-refractivity contribution in [3.63, 3.8) is 0 Å². The van der Waals surface area contributed by atoms with E-state index in [1.165, 1.54) is 0 Å². The van der Waals surface area contributed by atoms with Crippen molar-refractivity contribution in [1.82, 2.24) is 5.32 Å². The van der Waals surface area contributed by atoms with Crippen molar-refractivity contribution in [2.75, 3.05) is 13.1 Å². The van der Waals surface area contributed by atoms with E-state index in [9.17, 15) is 9.59 Å². The number of hydrogen-bond acceptors (Lipinski definition) is 3. The van der Waals surface area contributed by atoms with Crippen LogP contribution in [0.25, 0.3) is 0 Å². The van der Waals surface area contributed by atoms with Gasteiger partial charge in [-0.15, -0.1) is 0 Å². The largest absolute Gasteiger partial charge is 0.481 e. The summed E-state index contributed by atoms with van der Waals surface area (Å²) in [6.07, 6.45) is 1.85. The van der Waals surface area contributed by atoms with Crippen LogP contribution in [-0.2, 0) is 9.59 Å². The predicted molar refractivity (Wildman–Crippen MR) is 53.6 cm³/mol. The van der Waals surface area contributed by atoms with Crippen LogP contribution in [0.4, 0.5) is 0 Å². The van der Waals surface area contributed by atoms with Gasteiger partial charge in [0.05, 0.1) is 5.92 Å². The molecule has 15 heavy (non-hydrogen) atoms. The molecular formula is C10H17NO4. The van der Waals surface area contributed by atoms with E-state index in [1.807, 2.05) is 0 Å². The lowest BCUT2D eigenvalue weighted by Gasteiger charge is -2.17. The van der Waals surface area contributed by atoms with Crippen molar-refractivity contribution in [2.24, 2.45) is 11.8 Å². The summed E-state index contributed by atoms with van der Waals surface area (Å²) in [6.45, 7) is 1.61. The zero-order chi connectivity index (χ0) is 11.3. The highest BCUT2D eigenvalue weighted by molar-refractivity contribution is 5.70. The molecule has 1 aliphatic heterocycles. The fourth-order valence-corrected chi connectivity index (χ4v) is 2.05. The highest BCUT2D eigenvalue weighted by Crippen LogP contribution is 2.24. The maximum atomic E-state index is 11.0. The summed E-state index contributed by atoms with van der Waals surface area (Å²) in [7, 11) is 0. The van der Waals surface area contributed by atoms with Crippen molar-refractivity contribution in [1.29, 1.82) is 0 Å². The van der Waals surface area contributed by atoms with Crippen molar-refractivity contribution in [3.8, 4) is 0 Å². The zero-order valence-electron chi connectivity index (χ0n) is 8.61. The maximum absolute atomic E-state index is 11.0. The third-order valence-electron chi connectivity index (χ3n) is 2.89. The minimum Gasteiger partial charge on any atom is -0.481 e. The Bertz CT molecular complexity index is 236. The molecule has 2 unspecified atom stereocenters. The monoisotopic (exact) mass is 215 g/mol. The van der Waals surface area contributed by atoms with Crippen LogP contribution in [0.1, 0.15) is 25.7 Å². The molecule has 0 saturated carbocycles. The Morgan fingerprint density at radius 1 is 1.40 bits per heavy atom. The molecule has 2 atom stereocenters. The Hall–Kier alpha value is -1.10. The Balaban J connectivity index is 2.36. The van der Waals surface area contributed by atoms with Gasteiger partial charge in [-0.2, -0.15) is 0 Å². The maximum Gasteiger partial charge on any atom is 0.306 e. The second kappa shape index (κ2) is 5.70. The number of hydrogen-bond donors (Lipinski definition) is 3. The van der Waals surface area contributed by atoms with Crippen molar-refractivity contribution < 1.29 is 19.8 Å². The summed E-state index contributed by atoms with van der Waals surface area (Å²) >= 11 is 0. The van der Waals surface area contributed by atoms with Crippen LogP contribution >= 0.6 is 0 Å². The lowest BCUT2D eigenvalue weighted by Crippen LogP contribution is -2.25. The minimum absolute atomic E-state index is 0.0595. The van der Waals surface area contributed by atoms with E-state index in [4.69, 9.17) is 10.2 Å². The smallest absolute Gasteiger partial charge is 0.306 e. The molecule has 0 aromatic heterocycles. The molecule has 86 valence electrons. The number of carboxylic acid groups (broad SMARTS) is 2. The number of nitrogens with one attached hydrogen (secondary N) is 1. The summed E-state index contributed by atoms with van der Waals surface area (Å²) in [6, 6.07) is 0. The van der Waals surface area contributed by atoms with E-state index < -0.39 is 11.9 Å². The Kier molecular flexibility index (Phi) is 4.55. The molecule has 0 aromatic carbocycles. The van der Waals surface area contributed by atoms with Crippen LogP contribution in [0, 0.1) is 11.8 Å². The van der Waals surface area contributed by atoms with E-state index in [-0.39, 0.29) is 18.3 Å². The number of carboxylic acids is 2. The van der Waals surface area contributed by atoms with Crippen molar-refractivity contribution in [2.45, 2.75) is 25.7 Å². The highest BCUT2D eigenvalue weighted by Gasteiger charge is 2.29. The summed E-state index contributed by atoms with van der Waals surface area (Å²) in [5, 5.41) is 20.6. The number of rotatable bonds is 6. The Morgan fingerprint density at radius 3 is 2.60 bits per heavy atom. The van der Waals surface area contributed by atoms with Gasteiger partial charge in [0.2, 0.25) is 0 Å². The van der Waals surface area contributed by atoms with Crippen LogP contribution in [0.3, 0.4) is 0 Å². The molecule has 5 nitrogen and oxygen atoms in total. The van der Waals surface area contributed by atoms with E-state index in [2.05, 4.69) is 5.32 Å². The van der Waals surface area contributed by atoms with Gasteiger partial charge in [0.1, 0.15) is 0 Å². The SMILES string of the molecule is O=C(O)CCCC(C(=O)O)C1CCNC1. The first-order chi connectivity index (χ1) is 7.11. The lowest BCUT2D eigenvalue weighted by atomic mass is 9.87. The van der Waals surface area contributed by atoms with Gasteiger partial charge >= 0.3 is 11.9 Å². The van der Waals surface area contributed by atoms with Crippen molar-refractivity contribution in [3.05, 3.63) is 0 Å². The van der Waals surface area contributed by atoms with Gasteiger partial charge in [-0.3, -0.25) is 9.59 Å². The molecule has 1 heterocycles. The van der Waals surface area contributed by atoms with Crippen LogP contribution in [0.2, 0.25) is 0 Å². The van der Waals surface area contributed by atoms with Gasteiger partial charge in [0.25, 0.3) is 0 Å². The van der Waals surface area contributed by atoms with Gasteiger partial charge in [0, 0.05) is 6.42 Å². The van der Waals surface area contributed by atoms with E-state index >= 15 is 0 Å². The van der Waals surface area contributed by atoms with Crippen LogP contribution < -0.4 is 5.32 Å².